The van der Waals surface area contributed by atoms with Crippen molar-refractivity contribution in [1.29, 1.82) is 5.26 Å². The van der Waals surface area contributed by atoms with Crippen molar-refractivity contribution in [3.63, 3.8) is 0 Å². The quantitative estimate of drug-likeness (QED) is 0.628. The van der Waals surface area contributed by atoms with Gasteiger partial charge in [-0.1, -0.05) is 15.9 Å². The van der Waals surface area contributed by atoms with E-state index in [1.807, 2.05) is 18.4 Å². The van der Waals surface area contributed by atoms with Gasteiger partial charge >= 0.3 is 0 Å². The predicted molar refractivity (Wildman–Crippen MR) is 91.7 cm³/mol. The monoisotopic (exact) mass is 445 g/mol. The molecule has 108 valence electrons. The minimum atomic E-state index is -3.87. The van der Waals surface area contributed by atoms with E-state index in [0.29, 0.717) is 8.95 Å². The zero-order valence-corrected chi connectivity index (χ0v) is 15.6. The van der Waals surface area contributed by atoms with Crippen LogP contribution in [0, 0.1) is 18.3 Å². The van der Waals surface area contributed by atoms with Gasteiger partial charge in [-0.15, -0.1) is 11.3 Å². The molecule has 0 radical (unpaired) electrons. The first-order valence-corrected chi connectivity index (χ1v) is 9.67. The molecule has 0 N–H and O–H groups in total. The van der Waals surface area contributed by atoms with Gasteiger partial charge in [0.1, 0.15) is 6.07 Å². The maximum Gasteiger partial charge on any atom is 0.217 e. The minimum absolute atomic E-state index is 0.0684. The van der Waals surface area contributed by atoms with Gasteiger partial charge in [0.25, 0.3) is 0 Å². The first kappa shape index (κ1) is 16.4. The Morgan fingerprint density at radius 3 is 2.62 bits per heavy atom. The molecule has 21 heavy (non-hydrogen) atoms. The number of rotatable bonds is 3. The fourth-order valence-electron chi connectivity index (χ4n) is 1.62. The summed E-state index contributed by atoms with van der Waals surface area (Å²) in [6.45, 7) is 1.87. The summed E-state index contributed by atoms with van der Waals surface area (Å²) < 4.78 is 26.3. The van der Waals surface area contributed by atoms with Crippen LogP contribution >= 0.6 is 43.2 Å². The molecule has 0 aliphatic heterocycles. The summed E-state index contributed by atoms with van der Waals surface area (Å²) >= 11 is 7.87. The van der Waals surface area contributed by atoms with E-state index in [9.17, 15) is 13.7 Å². The smallest absolute Gasteiger partial charge is 0.217 e. The van der Waals surface area contributed by atoms with Crippen molar-refractivity contribution in [2.75, 3.05) is 0 Å². The second-order valence-corrected chi connectivity index (χ2v) is 8.77. The van der Waals surface area contributed by atoms with Crippen LogP contribution in [0.1, 0.15) is 10.4 Å². The number of thiophene rings is 1. The number of nitrogens with zero attached hydrogens (tertiary/aromatic N) is 1. The zero-order chi connectivity index (χ0) is 15.6. The summed E-state index contributed by atoms with van der Waals surface area (Å²) in [6.07, 6.45) is 1.42. The molecule has 2 rings (SSSR count). The summed E-state index contributed by atoms with van der Waals surface area (Å²) in [4.78, 5) is 0.562. The third-order valence-corrected chi connectivity index (χ3v) is 6.86. The number of aryl methyl sites for hydroxylation is 1. The molecule has 0 aliphatic carbocycles. The third kappa shape index (κ3) is 3.46. The summed E-state index contributed by atoms with van der Waals surface area (Å²) in [5.41, 5.74) is 0.941. The van der Waals surface area contributed by atoms with Gasteiger partial charge in [-0.2, -0.15) is 5.26 Å². The highest BCUT2D eigenvalue weighted by atomic mass is 79.9. The van der Waals surface area contributed by atoms with Gasteiger partial charge in [-0.25, -0.2) is 8.42 Å². The van der Waals surface area contributed by atoms with Crippen LogP contribution in [0.4, 0.5) is 0 Å². The van der Waals surface area contributed by atoms with Crippen molar-refractivity contribution >= 4 is 59.1 Å². The van der Waals surface area contributed by atoms with E-state index < -0.39 is 9.84 Å². The molecule has 3 nitrogen and oxygen atoms in total. The van der Waals surface area contributed by atoms with Crippen LogP contribution in [-0.4, -0.2) is 8.42 Å². The van der Waals surface area contributed by atoms with Crippen LogP contribution in [0.25, 0.3) is 6.08 Å². The molecule has 0 fully saturated rings. The van der Waals surface area contributed by atoms with Gasteiger partial charge in [0, 0.05) is 13.8 Å². The van der Waals surface area contributed by atoms with E-state index in [1.54, 1.807) is 18.2 Å². The molecule has 2 aromatic rings. The van der Waals surface area contributed by atoms with Gasteiger partial charge in [0.15, 0.2) is 4.91 Å². The zero-order valence-electron chi connectivity index (χ0n) is 10.8. The fraction of sp³-hybridized carbons (Fsp3) is 0.0714. The highest BCUT2D eigenvalue weighted by molar-refractivity contribution is 9.11. The molecule has 1 aromatic carbocycles. The standard InChI is InChI=1S/C14H9Br2NO2S2/c1-9-4-5-20-13(9)7-11(8-17)21(18,19)14-6-10(15)2-3-12(14)16/h2-7H,1H3/b11-7-. The first-order chi connectivity index (χ1) is 9.86. The van der Waals surface area contributed by atoms with E-state index >= 15 is 0 Å². The normalized spacial score (nSPS) is 12.2. The van der Waals surface area contributed by atoms with Crippen molar-refractivity contribution < 1.29 is 8.42 Å². The lowest BCUT2D eigenvalue weighted by atomic mass is 10.3. The van der Waals surface area contributed by atoms with Crippen molar-refractivity contribution in [3.05, 3.63) is 53.9 Å². The van der Waals surface area contributed by atoms with Crippen molar-refractivity contribution in [3.8, 4) is 6.07 Å². The number of halogens is 2. The second-order valence-electron chi connectivity index (χ2n) is 4.17. The van der Waals surface area contributed by atoms with Crippen LogP contribution in [-0.2, 0) is 9.84 Å². The van der Waals surface area contributed by atoms with Crippen LogP contribution in [0.15, 0.2) is 48.4 Å². The van der Waals surface area contributed by atoms with E-state index in [1.165, 1.54) is 23.5 Å². The molecule has 0 atom stereocenters. The number of sulfone groups is 1. The van der Waals surface area contributed by atoms with Crippen LogP contribution in [0.2, 0.25) is 0 Å². The molecule has 0 bridgehead atoms. The lowest BCUT2D eigenvalue weighted by molar-refractivity contribution is 0.603. The summed E-state index contributed by atoms with van der Waals surface area (Å²) in [5, 5.41) is 11.1. The molecule has 0 amide bonds. The molecule has 1 heterocycles. The Morgan fingerprint density at radius 2 is 2.05 bits per heavy atom. The Balaban J connectivity index is 2.62. The van der Waals surface area contributed by atoms with Crippen molar-refractivity contribution in [2.45, 2.75) is 11.8 Å². The Morgan fingerprint density at radius 1 is 1.33 bits per heavy atom. The van der Waals surface area contributed by atoms with E-state index in [-0.39, 0.29) is 9.80 Å². The third-order valence-electron chi connectivity index (χ3n) is 2.75. The van der Waals surface area contributed by atoms with E-state index in [4.69, 9.17) is 0 Å². The van der Waals surface area contributed by atoms with Gasteiger partial charge in [0.05, 0.1) is 4.90 Å². The molecule has 0 unspecified atom stereocenters. The molecule has 0 saturated heterocycles. The van der Waals surface area contributed by atoms with Gasteiger partial charge in [-0.3, -0.25) is 0 Å². The fourth-order valence-corrected chi connectivity index (χ4v) is 5.19. The molecule has 7 heteroatoms. The predicted octanol–water partition coefficient (Wildman–Crippen LogP) is 4.92. The average Bonchev–Trinajstić information content (AvgIpc) is 2.83. The number of hydrogen-bond acceptors (Lipinski definition) is 4. The van der Waals surface area contributed by atoms with Gasteiger partial charge < -0.3 is 0 Å². The lowest BCUT2D eigenvalue weighted by Gasteiger charge is -2.06. The molecule has 0 saturated carbocycles. The van der Waals surface area contributed by atoms with Crippen LogP contribution in [0.5, 0.6) is 0 Å². The summed E-state index contributed by atoms with van der Waals surface area (Å²) in [7, 11) is -3.87. The first-order valence-electron chi connectivity index (χ1n) is 5.72. The molecular weight excluding hydrogens is 438 g/mol. The highest BCUT2D eigenvalue weighted by Crippen LogP contribution is 2.31. The Kier molecular flexibility index (Phi) is 5.04. The number of allylic oxidation sites excluding steroid dienone is 1. The number of benzene rings is 1. The van der Waals surface area contributed by atoms with E-state index in [0.717, 1.165) is 10.4 Å². The summed E-state index contributed by atoms with van der Waals surface area (Å²) in [5.74, 6) is 0. The maximum atomic E-state index is 12.6. The molecule has 1 aromatic heterocycles. The van der Waals surface area contributed by atoms with E-state index in [2.05, 4.69) is 31.9 Å². The second kappa shape index (κ2) is 6.44. The Hall–Kier alpha value is -0.940. The largest absolute Gasteiger partial charge is 0.218 e. The molecular formula is C14H9Br2NO2S2. The number of nitriles is 1. The van der Waals surface area contributed by atoms with Crippen molar-refractivity contribution in [2.24, 2.45) is 0 Å². The topological polar surface area (TPSA) is 57.9 Å². The Bertz CT molecular complexity index is 861. The maximum absolute atomic E-state index is 12.6. The van der Waals surface area contributed by atoms with Gasteiger partial charge in [-0.05, 0) is 64.1 Å². The van der Waals surface area contributed by atoms with Crippen molar-refractivity contribution in [1.82, 2.24) is 0 Å². The lowest BCUT2D eigenvalue weighted by Crippen LogP contribution is -2.04. The van der Waals surface area contributed by atoms with Crippen LogP contribution in [0.3, 0.4) is 0 Å². The molecule has 0 aliphatic rings. The van der Waals surface area contributed by atoms with Gasteiger partial charge in [0.2, 0.25) is 9.84 Å². The minimum Gasteiger partial charge on any atom is -0.218 e. The SMILES string of the molecule is Cc1ccsc1/C=C(/C#N)S(=O)(=O)c1cc(Br)ccc1Br. The molecule has 0 spiro atoms. The number of hydrogen-bond donors (Lipinski definition) is 0. The summed E-state index contributed by atoms with van der Waals surface area (Å²) in [6, 6.07) is 8.51. The van der Waals surface area contributed by atoms with Crippen LogP contribution < -0.4 is 0 Å². The average molecular weight is 447 g/mol. The highest BCUT2D eigenvalue weighted by Gasteiger charge is 2.24. The Labute approximate surface area is 144 Å².